The predicted octanol–water partition coefficient (Wildman–Crippen LogP) is 3.59. The van der Waals surface area contributed by atoms with Crippen molar-refractivity contribution >= 4 is 35.6 Å². The van der Waals surface area contributed by atoms with Gasteiger partial charge in [0.25, 0.3) is 0 Å². The van der Waals surface area contributed by atoms with Crippen molar-refractivity contribution in [1.82, 2.24) is 0 Å². The molecule has 0 spiro atoms. The summed E-state index contributed by atoms with van der Waals surface area (Å²) in [6.45, 7) is 2.12. The maximum atomic E-state index is 8.19. The Kier molecular flexibility index (Phi) is 9.43. The molecule has 0 saturated heterocycles. The van der Waals surface area contributed by atoms with Gasteiger partial charge in [-0.3, -0.25) is 0 Å². The van der Waals surface area contributed by atoms with Gasteiger partial charge in [-0.25, -0.2) is 0 Å². The van der Waals surface area contributed by atoms with Crippen LogP contribution in [0.4, 0.5) is 0 Å². The van der Waals surface area contributed by atoms with Crippen molar-refractivity contribution < 1.29 is 21.0 Å². The molecule has 4 heteroatoms. The van der Waals surface area contributed by atoms with Crippen LogP contribution in [0.3, 0.4) is 0 Å². The minimum atomic E-state index is 0. The number of halogens is 2. The number of hydrogen-bond donors (Lipinski definition) is 0. The Hall–Kier alpha value is -0.206. The fourth-order valence-corrected chi connectivity index (χ4v) is 1.31. The van der Waals surface area contributed by atoms with Gasteiger partial charge < -0.3 is 0 Å². The molecule has 0 heterocycles. The summed E-state index contributed by atoms with van der Waals surface area (Å²) in [6.07, 6.45) is 0. The normalized spacial score (nSPS) is 7.71. The number of rotatable bonds is 0. The zero-order valence-corrected chi connectivity index (χ0v) is 10.7. The molecule has 0 unspecified atom stereocenters. The third kappa shape index (κ3) is 3.89. The molecule has 77 valence electrons. The molecule has 0 bridgehead atoms. The summed E-state index contributed by atoms with van der Waals surface area (Å²) in [6, 6.07) is 12.8. The van der Waals surface area contributed by atoms with E-state index in [2.05, 4.69) is 43.3 Å². The van der Waals surface area contributed by atoms with Crippen LogP contribution in [-0.4, -0.2) is 0 Å². The SMILES string of the molecule is Cc1cc2ccccc2[cH-]1.Cl.Cl.[O]=[V]. The van der Waals surface area contributed by atoms with Gasteiger partial charge in [0.2, 0.25) is 0 Å². The summed E-state index contributed by atoms with van der Waals surface area (Å²) in [5, 5.41) is 2.69. The van der Waals surface area contributed by atoms with Crippen molar-refractivity contribution in [1.29, 1.82) is 0 Å². The summed E-state index contributed by atoms with van der Waals surface area (Å²) in [7, 11) is 0. The molecule has 0 aromatic heterocycles. The Labute approximate surface area is 105 Å². The number of benzene rings is 1. The van der Waals surface area contributed by atoms with Crippen molar-refractivity contribution in [2.45, 2.75) is 6.92 Å². The van der Waals surface area contributed by atoms with E-state index in [1.807, 2.05) is 0 Å². The first-order valence-electron chi connectivity index (χ1n) is 3.66. The molecule has 0 radical (unpaired) electrons. The van der Waals surface area contributed by atoms with Crippen LogP contribution >= 0.6 is 24.8 Å². The Morgan fingerprint density at radius 2 is 1.71 bits per heavy atom. The standard InChI is InChI=1S/C10H9.2ClH.O.V/c1-8-6-9-4-2-3-5-10(9)7-8;;;;/h2-7H,1H3;2*1H;;/q-1;;;;. The van der Waals surface area contributed by atoms with E-state index in [9.17, 15) is 0 Å². The van der Waals surface area contributed by atoms with Crippen LogP contribution in [0.5, 0.6) is 0 Å². The number of aryl methyl sites for hydroxylation is 1. The van der Waals surface area contributed by atoms with E-state index in [0.717, 1.165) is 17.4 Å². The molecule has 1 nitrogen and oxygen atoms in total. The first kappa shape index (κ1) is 16.2. The quantitative estimate of drug-likeness (QED) is 0.668. The van der Waals surface area contributed by atoms with Gasteiger partial charge in [-0.2, -0.15) is 6.07 Å². The molecular weight excluding hydrogens is 258 g/mol. The van der Waals surface area contributed by atoms with Crippen LogP contribution in [0, 0.1) is 6.92 Å². The number of fused-ring (bicyclic) bond motifs is 1. The first-order valence-corrected chi connectivity index (χ1v) is 4.23. The van der Waals surface area contributed by atoms with Gasteiger partial charge in [0.1, 0.15) is 0 Å². The molecular formula is C10H11Cl2OV-. The Morgan fingerprint density at radius 3 is 2.29 bits per heavy atom. The van der Waals surface area contributed by atoms with Crippen molar-refractivity contribution in [3.8, 4) is 0 Å². The molecule has 0 aliphatic heterocycles. The number of hydrogen-bond acceptors (Lipinski definition) is 1. The van der Waals surface area contributed by atoms with E-state index in [4.69, 9.17) is 3.67 Å². The van der Waals surface area contributed by atoms with Gasteiger partial charge in [0.15, 0.2) is 0 Å². The van der Waals surface area contributed by atoms with Crippen molar-refractivity contribution in [3.63, 3.8) is 0 Å². The second-order valence-corrected chi connectivity index (χ2v) is 2.66. The molecule has 2 aromatic carbocycles. The molecule has 2 aromatic rings. The summed E-state index contributed by atoms with van der Waals surface area (Å²) >= 11 is 1.06. The summed E-state index contributed by atoms with van der Waals surface area (Å²) < 4.78 is 8.19. The van der Waals surface area contributed by atoms with E-state index < -0.39 is 0 Å². The zero-order valence-electron chi connectivity index (χ0n) is 7.64. The van der Waals surface area contributed by atoms with Crippen molar-refractivity contribution in [2.75, 3.05) is 0 Å². The molecule has 0 amide bonds. The Balaban J connectivity index is 0. The van der Waals surface area contributed by atoms with E-state index in [0.29, 0.717) is 0 Å². The predicted molar refractivity (Wildman–Crippen MR) is 59.5 cm³/mol. The van der Waals surface area contributed by atoms with Gasteiger partial charge >= 0.3 is 21.0 Å². The van der Waals surface area contributed by atoms with E-state index in [1.54, 1.807) is 0 Å². The molecule has 0 N–H and O–H groups in total. The van der Waals surface area contributed by atoms with Crippen LogP contribution in [0.15, 0.2) is 36.4 Å². The minimum absolute atomic E-state index is 0. The second-order valence-electron chi connectivity index (χ2n) is 2.66. The van der Waals surface area contributed by atoms with Crippen LogP contribution in [0.2, 0.25) is 0 Å². The maximum absolute atomic E-state index is 8.19. The van der Waals surface area contributed by atoms with E-state index >= 15 is 0 Å². The van der Waals surface area contributed by atoms with E-state index in [1.165, 1.54) is 16.3 Å². The molecule has 0 aliphatic carbocycles. The van der Waals surface area contributed by atoms with Crippen LogP contribution in [0.25, 0.3) is 10.8 Å². The summed E-state index contributed by atoms with van der Waals surface area (Å²) in [5.74, 6) is 0. The molecule has 0 saturated carbocycles. The van der Waals surface area contributed by atoms with Crippen molar-refractivity contribution in [3.05, 3.63) is 42.0 Å². The molecule has 2 rings (SSSR count). The Morgan fingerprint density at radius 1 is 1.14 bits per heavy atom. The van der Waals surface area contributed by atoms with Crippen molar-refractivity contribution in [2.24, 2.45) is 0 Å². The molecule has 0 aliphatic rings. The van der Waals surface area contributed by atoms with E-state index in [-0.39, 0.29) is 24.8 Å². The summed E-state index contributed by atoms with van der Waals surface area (Å²) in [5.41, 5.74) is 1.35. The molecule has 0 fully saturated rings. The van der Waals surface area contributed by atoms with Crippen LogP contribution in [0.1, 0.15) is 5.56 Å². The van der Waals surface area contributed by atoms with Gasteiger partial charge in [0, 0.05) is 0 Å². The van der Waals surface area contributed by atoms with Gasteiger partial charge in [-0.1, -0.05) is 13.0 Å². The van der Waals surface area contributed by atoms with Gasteiger partial charge in [-0.05, 0) is 0 Å². The third-order valence-corrected chi connectivity index (χ3v) is 1.76. The Bertz CT molecular complexity index is 340. The topological polar surface area (TPSA) is 17.1 Å². The summed E-state index contributed by atoms with van der Waals surface area (Å²) in [4.78, 5) is 0. The average molecular weight is 269 g/mol. The fraction of sp³-hybridized carbons (Fsp3) is 0.100. The first-order chi connectivity index (χ1) is 5.86. The second kappa shape index (κ2) is 8.13. The third-order valence-electron chi connectivity index (χ3n) is 1.76. The molecule has 0 atom stereocenters. The van der Waals surface area contributed by atoms with Gasteiger partial charge in [0.05, 0.1) is 0 Å². The van der Waals surface area contributed by atoms with Gasteiger partial charge in [-0.15, -0.1) is 65.4 Å². The van der Waals surface area contributed by atoms with Crippen LogP contribution < -0.4 is 0 Å². The fourth-order valence-electron chi connectivity index (χ4n) is 1.31. The monoisotopic (exact) mass is 268 g/mol. The average Bonchev–Trinajstić information content (AvgIpc) is 2.48. The zero-order chi connectivity index (χ0) is 8.97. The molecule has 14 heavy (non-hydrogen) atoms. The van der Waals surface area contributed by atoms with Crippen LogP contribution in [-0.2, 0) is 21.0 Å².